The molecule has 0 spiro atoms. The highest BCUT2D eigenvalue weighted by molar-refractivity contribution is 9.10. The minimum absolute atomic E-state index is 0.553. The molecule has 0 unspecified atom stereocenters. The van der Waals surface area contributed by atoms with Gasteiger partial charge < -0.3 is 10.4 Å². The second-order valence-electron chi connectivity index (χ2n) is 3.52. The number of aliphatic hydroxyl groups is 1. The first-order chi connectivity index (χ1) is 6.18. The third kappa shape index (κ3) is 2.07. The van der Waals surface area contributed by atoms with Crippen LogP contribution in [0.25, 0.3) is 0 Å². The van der Waals surface area contributed by atoms with Crippen molar-refractivity contribution in [2.45, 2.75) is 12.0 Å². The predicted octanol–water partition coefficient (Wildman–Crippen LogP) is 0.721. The van der Waals surface area contributed by atoms with Crippen LogP contribution in [0, 0.1) is 0 Å². The zero-order chi connectivity index (χ0) is 9.31. The van der Waals surface area contributed by atoms with Gasteiger partial charge in [-0.1, -0.05) is 0 Å². The highest BCUT2D eigenvalue weighted by Crippen LogP contribution is 2.19. The number of rotatable bonds is 2. The van der Waals surface area contributed by atoms with Crippen LogP contribution in [0.3, 0.4) is 0 Å². The summed E-state index contributed by atoms with van der Waals surface area (Å²) in [5, 5.41) is 12.9. The largest absolute Gasteiger partial charge is 0.387 e. The van der Waals surface area contributed by atoms with Gasteiger partial charge in [0, 0.05) is 36.4 Å². The molecule has 0 atom stereocenters. The number of aromatic nitrogens is 1. The molecular formula is C9H11BrN2O. The van der Waals surface area contributed by atoms with E-state index in [2.05, 4.69) is 26.2 Å². The fourth-order valence-electron chi connectivity index (χ4n) is 1.47. The van der Waals surface area contributed by atoms with Crippen LogP contribution < -0.4 is 5.32 Å². The van der Waals surface area contributed by atoms with Crippen molar-refractivity contribution in [1.82, 2.24) is 10.3 Å². The van der Waals surface area contributed by atoms with Crippen molar-refractivity contribution < 1.29 is 5.11 Å². The normalized spacial score (nSPS) is 19.5. The third-order valence-corrected chi connectivity index (χ3v) is 2.64. The van der Waals surface area contributed by atoms with Gasteiger partial charge in [-0.3, -0.25) is 4.98 Å². The zero-order valence-corrected chi connectivity index (χ0v) is 8.71. The van der Waals surface area contributed by atoms with Gasteiger partial charge in [-0.2, -0.15) is 0 Å². The number of halogens is 1. The maximum Gasteiger partial charge on any atom is 0.0935 e. The summed E-state index contributed by atoms with van der Waals surface area (Å²) < 4.78 is 0.959. The molecule has 0 radical (unpaired) electrons. The van der Waals surface area contributed by atoms with Crippen LogP contribution in [0.4, 0.5) is 0 Å². The van der Waals surface area contributed by atoms with Crippen molar-refractivity contribution >= 4 is 15.9 Å². The van der Waals surface area contributed by atoms with Gasteiger partial charge in [-0.15, -0.1) is 0 Å². The first-order valence-corrected chi connectivity index (χ1v) is 5.00. The lowest BCUT2D eigenvalue weighted by atomic mass is 9.90. The molecule has 2 rings (SSSR count). The van der Waals surface area contributed by atoms with E-state index in [4.69, 9.17) is 0 Å². The highest BCUT2D eigenvalue weighted by atomic mass is 79.9. The summed E-state index contributed by atoms with van der Waals surface area (Å²) in [7, 11) is 0. The number of nitrogens with zero attached hydrogens (tertiary/aromatic N) is 1. The third-order valence-electron chi connectivity index (χ3n) is 2.20. The molecule has 1 aromatic heterocycles. The molecule has 1 aromatic rings. The summed E-state index contributed by atoms with van der Waals surface area (Å²) in [6.07, 6.45) is 4.21. The Morgan fingerprint density at radius 3 is 2.85 bits per heavy atom. The average molecular weight is 243 g/mol. The monoisotopic (exact) mass is 242 g/mol. The van der Waals surface area contributed by atoms with Gasteiger partial charge in [0.15, 0.2) is 0 Å². The van der Waals surface area contributed by atoms with Gasteiger partial charge in [0.1, 0.15) is 0 Å². The van der Waals surface area contributed by atoms with Crippen molar-refractivity contribution in [2.75, 3.05) is 13.1 Å². The summed E-state index contributed by atoms with van der Waals surface area (Å²) in [4.78, 5) is 4.05. The number of hydrogen-bond donors (Lipinski definition) is 2. The summed E-state index contributed by atoms with van der Waals surface area (Å²) >= 11 is 3.35. The predicted molar refractivity (Wildman–Crippen MR) is 53.5 cm³/mol. The van der Waals surface area contributed by atoms with E-state index in [0.717, 1.165) is 10.0 Å². The average Bonchev–Trinajstić information content (AvgIpc) is 2.01. The fourth-order valence-corrected chi connectivity index (χ4v) is 1.88. The molecule has 1 aliphatic heterocycles. The van der Waals surface area contributed by atoms with Crippen molar-refractivity contribution in [3.8, 4) is 0 Å². The summed E-state index contributed by atoms with van der Waals surface area (Å²) in [6, 6.07) is 1.99. The van der Waals surface area contributed by atoms with E-state index in [9.17, 15) is 5.11 Å². The Kier molecular flexibility index (Phi) is 2.36. The van der Waals surface area contributed by atoms with Crippen LogP contribution >= 0.6 is 15.9 Å². The smallest absolute Gasteiger partial charge is 0.0935 e. The molecule has 0 saturated carbocycles. The first-order valence-electron chi connectivity index (χ1n) is 4.21. The Labute approximate surface area is 85.3 Å². The van der Waals surface area contributed by atoms with Gasteiger partial charge in [0.2, 0.25) is 0 Å². The van der Waals surface area contributed by atoms with Gasteiger partial charge in [-0.05, 0) is 27.6 Å². The van der Waals surface area contributed by atoms with Crippen LogP contribution in [0.5, 0.6) is 0 Å². The Hall–Kier alpha value is -0.450. The lowest BCUT2D eigenvalue weighted by Gasteiger charge is -2.37. The van der Waals surface area contributed by atoms with Crippen LogP contribution in [0.15, 0.2) is 22.9 Å². The highest BCUT2D eigenvalue weighted by Gasteiger charge is 2.34. The number of hydrogen-bond acceptors (Lipinski definition) is 3. The first kappa shape index (κ1) is 9.12. The summed E-state index contributed by atoms with van der Waals surface area (Å²) in [5.41, 5.74) is 0.515. The Bertz CT molecular complexity index is 312. The van der Waals surface area contributed by atoms with Crippen LogP contribution in [0.2, 0.25) is 0 Å². The number of β-amino-alcohol motifs (C(OH)–C–C–N with tert-alkyl or cyclic N) is 1. The Morgan fingerprint density at radius 1 is 1.54 bits per heavy atom. The molecule has 0 aliphatic carbocycles. The standard InChI is InChI=1S/C9H11BrN2O/c10-8-1-7(3-11-4-8)2-9(13)5-12-6-9/h1,3-4,12-13H,2,5-6H2. The van der Waals surface area contributed by atoms with Gasteiger partial charge >= 0.3 is 0 Å². The molecule has 2 heterocycles. The number of nitrogens with one attached hydrogen (secondary N) is 1. The van der Waals surface area contributed by atoms with E-state index < -0.39 is 5.60 Å². The molecule has 70 valence electrons. The molecule has 1 saturated heterocycles. The molecule has 2 N–H and O–H groups in total. The molecule has 3 nitrogen and oxygen atoms in total. The van der Waals surface area contributed by atoms with Crippen LogP contribution in [-0.4, -0.2) is 28.8 Å². The van der Waals surface area contributed by atoms with E-state index >= 15 is 0 Å². The maximum atomic E-state index is 9.85. The molecule has 1 fully saturated rings. The van der Waals surface area contributed by atoms with Gasteiger partial charge in [0.25, 0.3) is 0 Å². The van der Waals surface area contributed by atoms with E-state index in [1.165, 1.54) is 0 Å². The molecule has 1 aliphatic rings. The molecule has 13 heavy (non-hydrogen) atoms. The van der Waals surface area contributed by atoms with Crippen molar-refractivity contribution in [3.05, 3.63) is 28.5 Å². The second kappa shape index (κ2) is 3.36. The molecule has 0 bridgehead atoms. The SMILES string of the molecule is OC1(Cc2cncc(Br)c2)CNC1. The number of pyridine rings is 1. The molecule has 0 amide bonds. The topological polar surface area (TPSA) is 45.2 Å². The zero-order valence-electron chi connectivity index (χ0n) is 7.13. The molecule has 4 heteroatoms. The van der Waals surface area contributed by atoms with Gasteiger partial charge in [-0.25, -0.2) is 0 Å². The minimum atomic E-state index is -0.553. The summed E-state index contributed by atoms with van der Waals surface area (Å²) in [5.74, 6) is 0. The van der Waals surface area contributed by atoms with E-state index in [-0.39, 0.29) is 0 Å². The van der Waals surface area contributed by atoms with Gasteiger partial charge in [0.05, 0.1) is 5.60 Å². The minimum Gasteiger partial charge on any atom is -0.387 e. The van der Waals surface area contributed by atoms with E-state index in [1.807, 2.05) is 6.07 Å². The molecular weight excluding hydrogens is 232 g/mol. The van der Waals surface area contributed by atoms with Crippen LogP contribution in [-0.2, 0) is 6.42 Å². The summed E-state index contributed by atoms with van der Waals surface area (Å²) in [6.45, 7) is 1.36. The van der Waals surface area contributed by atoms with E-state index in [0.29, 0.717) is 19.5 Å². The quantitative estimate of drug-likeness (QED) is 0.804. The van der Waals surface area contributed by atoms with E-state index in [1.54, 1.807) is 12.4 Å². The van der Waals surface area contributed by atoms with Crippen LogP contribution in [0.1, 0.15) is 5.56 Å². The Balaban J connectivity index is 2.09. The van der Waals surface area contributed by atoms with Crippen molar-refractivity contribution in [3.63, 3.8) is 0 Å². The second-order valence-corrected chi connectivity index (χ2v) is 4.43. The Morgan fingerprint density at radius 2 is 2.31 bits per heavy atom. The fraction of sp³-hybridized carbons (Fsp3) is 0.444. The lowest BCUT2D eigenvalue weighted by Crippen LogP contribution is -2.60. The van der Waals surface area contributed by atoms with Crippen molar-refractivity contribution in [2.24, 2.45) is 0 Å². The maximum absolute atomic E-state index is 9.85. The van der Waals surface area contributed by atoms with Crippen molar-refractivity contribution in [1.29, 1.82) is 0 Å². The molecule has 0 aromatic carbocycles. The lowest BCUT2D eigenvalue weighted by molar-refractivity contribution is -0.00909.